The standard InChI is InChI=1S/C9H23N3.3ClH/c10-6-2-1-4-9(8-12)5-3-7-11;;;/h9H,1-8,10-12H2;3*1H. The first-order chi connectivity index (χ1) is 5.85. The summed E-state index contributed by atoms with van der Waals surface area (Å²) in [4.78, 5) is 0. The van der Waals surface area contributed by atoms with Crippen molar-refractivity contribution in [3.8, 4) is 0 Å². The van der Waals surface area contributed by atoms with Crippen molar-refractivity contribution in [3.05, 3.63) is 0 Å². The van der Waals surface area contributed by atoms with Gasteiger partial charge >= 0.3 is 0 Å². The zero-order valence-corrected chi connectivity index (χ0v) is 11.6. The zero-order chi connectivity index (χ0) is 9.23. The first kappa shape index (κ1) is 24.8. The lowest BCUT2D eigenvalue weighted by Gasteiger charge is -2.13. The van der Waals surface area contributed by atoms with Crippen molar-refractivity contribution in [2.75, 3.05) is 19.6 Å². The number of nitrogens with two attached hydrogens (primary N) is 3. The summed E-state index contributed by atoms with van der Waals surface area (Å²) in [5, 5.41) is 0. The summed E-state index contributed by atoms with van der Waals surface area (Å²) in [6.45, 7) is 2.38. The van der Waals surface area contributed by atoms with Crippen molar-refractivity contribution >= 4 is 37.2 Å². The van der Waals surface area contributed by atoms with Gasteiger partial charge in [0.25, 0.3) is 0 Å². The molecule has 3 nitrogen and oxygen atoms in total. The highest BCUT2D eigenvalue weighted by atomic mass is 35.5. The lowest BCUT2D eigenvalue weighted by Crippen LogP contribution is -2.16. The molecule has 0 amide bonds. The van der Waals surface area contributed by atoms with Crippen molar-refractivity contribution in [1.29, 1.82) is 0 Å². The lowest BCUT2D eigenvalue weighted by atomic mass is 9.97. The molecule has 1 atom stereocenters. The van der Waals surface area contributed by atoms with Crippen molar-refractivity contribution in [1.82, 2.24) is 0 Å². The molecule has 0 spiro atoms. The van der Waals surface area contributed by atoms with Gasteiger partial charge in [-0.1, -0.05) is 6.42 Å². The molecule has 0 saturated carbocycles. The molecular weight excluding hydrogens is 256 g/mol. The van der Waals surface area contributed by atoms with Gasteiger partial charge in [-0.15, -0.1) is 37.2 Å². The third kappa shape index (κ3) is 17.4. The highest BCUT2D eigenvalue weighted by Gasteiger charge is 2.04. The minimum Gasteiger partial charge on any atom is -0.330 e. The molecule has 0 radical (unpaired) electrons. The first-order valence-electron chi connectivity index (χ1n) is 4.95. The Morgan fingerprint density at radius 3 is 1.53 bits per heavy atom. The summed E-state index contributed by atoms with van der Waals surface area (Å²) >= 11 is 0. The second-order valence-corrected chi connectivity index (χ2v) is 3.32. The molecule has 0 aliphatic carbocycles. The van der Waals surface area contributed by atoms with Gasteiger partial charge in [-0.25, -0.2) is 0 Å². The summed E-state index contributed by atoms with van der Waals surface area (Å²) in [6, 6.07) is 0. The van der Waals surface area contributed by atoms with Gasteiger partial charge < -0.3 is 17.2 Å². The second kappa shape index (κ2) is 20.2. The number of hydrogen-bond donors (Lipinski definition) is 3. The first-order valence-corrected chi connectivity index (χ1v) is 4.95. The van der Waals surface area contributed by atoms with Crippen molar-refractivity contribution in [2.45, 2.75) is 32.1 Å². The molecule has 0 aromatic heterocycles. The highest BCUT2D eigenvalue weighted by molar-refractivity contribution is 5.86. The minimum absolute atomic E-state index is 0. The molecule has 0 saturated heterocycles. The maximum absolute atomic E-state index is 5.62. The molecule has 98 valence electrons. The van der Waals surface area contributed by atoms with E-state index in [0.717, 1.165) is 32.5 Å². The molecule has 0 aromatic carbocycles. The van der Waals surface area contributed by atoms with E-state index in [2.05, 4.69) is 0 Å². The Morgan fingerprint density at radius 1 is 0.667 bits per heavy atom. The fourth-order valence-electron chi connectivity index (χ4n) is 1.36. The summed E-state index contributed by atoms with van der Waals surface area (Å²) in [5.74, 6) is 0.667. The summed E-state index contributed by atoms with van der Waals surface area (Å²) in [6.07, 6.45) is 5.83. The fourth-order valence-corrected chi connectivity index (χ4v) is 1.36. The molecule has 0 heterocycles. The Hall–Kier alpha value is 0.750. The molecule has 6 heteroatoms. The monoisotopic (exact) mass is 281 g/mol. The van der Waals surface area contributed by atoms with Crippen LogP contribution in [0.5, 0.6) is 0 Å². The van der Waals surface area contributed by atoms with E-state index in [1.807, 2.05) is 0 Å². The van der Waals surface area contributed by atoms with E-state index in [1.165, 1.54) is 19.3 Å². The average Bonchev–Trinajstić information content (AvgIpc) is 2.11. The van der Waals surface area contributed by atoms with E-state index in [-0.39, 0.29) is 37.2 Å². The predicted molar refractivity (Wildman–Crippen MR) is 75.5 cm³/mol. The van der Waals surface area contributed by atoms with Crippen LogP contribution >= 0.6 is 37.2 Å². The van der Waals surface area contributed by atoms with Gasteiger partial charge in [-0.05, 0) is 51.2 Å². The van der Waals surface area contributed by atoms with Gasteiger partial charge in [-0.2, -0.15) is 0 Å². The SMILES string of the molecule is Cl.Cl.Cl.NCCCCC(CN)CCCN. The van der Waals surface area contributed by atoms with Crippen LogP contribution < -0.4 is 17.2 Å². The van der Waals surface area contributed by atoms with Crippen LogP contribution in [0, 0.1) is 5.92 Å². The Balaban J connectivity index is -0.000000202. The van der Waals surface area contributed by atoms with Gasteiger partial charge in [0.05, 0.1) is 0 Å². The van der Waals surface area contributed by atoms with E-state index in [1.54, 1.807) is 0 Å². The molecule has 15 heavy (non-hydrogen) atoms. The van der Waals surface area contributed by atoms with Crippen LogP contribution in [0.4, 0.5) is 0 Å². The third-order valence-electron chi connectivity index (χ3n) is 2.22. The van der Waals surface area contributed by atoms with Crippen LogP contribution in [0.3, 0.4) is 0 Å². The largest absolute Gasteiger partial charge is 0.330 e. The Labute approximate surface area is 112 Å². The predicted octanol–water partition coefficient (Wildman–Crippen LogP) is 1.69. The topological polar surface area (TPSA) is 78.1 Å². The van der Waals surface area contributed by atoms with Gasteiger partial charge in [0.15, 0.2) is 0 Å². The van der Waals surface area contributed by atoms with Gasteiger partial charge in [0.1, 0.15) is 0 Å². The normalized spacial score (nSPS) is 10.6. The van der Waals surface area contributed by atoms with Gasteiger partial charge in [0, 0.05) is 0 Å². The molecule has 1 unspecified atom stereocenters. The maximum atomic E-state index is 5.62. The summed E-state index contributed by atoms with van der Waals surface area (Å²) < 4.78 is 0. The van der Waals surface area contributed by atoms with Gasteiger partial charge in [0.2, 0.25) is 0 Å². The lowest BCUT2D eigenvalue weighted by molar-refractivity contribution is 0.431. The highest BCUT2D eigenvalue weighted by Crippen LogP contribution is 2.12. The molecule has 0 aliphatic heterocycles. The Bertz CT molecular complexity index is 96.7. The summed E-state index contributed by atoms with van der Waals surface area (Å²) in [5.41, 5.74) is 16.5. The van der Waals surface area contributed by atoms with Crippen LogP contribution in [0.25, 0.3) is 0 Å². The van der Waals surface area contributed by atoms with Crippen LogP contribution in [-0.2, 0) is 0 Å². The Kier molecular flexibility index (Phi) is 33.4. The van der Waals surface area contributed by atoms with E-state index in [4.69, 9.17) is 17.2 Å². The van der Waals surface area contributed by atoms with Crippen molar-refractivity contribution in [3.63, 3.8) is 0 Å². The smallest absolute Gasteiger partial charge is 0.00489 e. The number of halogens is 3. The van der Waals surface area contributed by atoms with E-state index < -0.39 is 0 Å². The van der Waals surface area contributed by atoms with Crippen LogP contribution in [0.15, 0.2) is 0 Å². The molecular formula is C9H26Cl3N3. The maximum Gasteiger partial charge on any atom is -0.00489 e. The minimum atomic E-state index is 0. The molecule has 0 rings (SSSR count). The fraction of sp³-hybridized carbons (Fsp3) is 1.00. The van der Waals surface area contributed by atoms with Gasteiger partial charge in [-0.3, -0.25) is 0 Å². The van der Waals surface area contributed by atoms with Crippen LogP contribution in [0.2, 0.25) is 0 Å². The van der Waals surface area contributed by atoms with Crippen LogP contribution in [0.1, 0.15) is 32.1 Å². The summed E-state index contributed by atoms with van der Waals surface area (Å²) in [7, 11) is 0. The Morgan fingerprint density at radius 2 is 1.13 bits per heavy atom. The zero-order valence-electron chi connectivity index (χ0n) is 9.19. The van der Waals surface area contributed by atoms with Crippen LogP contribution in [-0.4, -0.2) is 19.6 Å². The quantitative estimate of drug-likeness (QED) is 0.593. The second-order valence-electron chi connectivity index (χ2n) is 3.32. The molecule has 0 bridgehead atoms. The molecule has 0 aromatic rings. The molecule has 6 N–H and O–H groups in total. The van der Waals surface area contributed by atoms with E-state index in [0.29, 0.717) is 5.92 Å². The number of rotatable bonds is 8. The van der Waals surface area contributed by atoms with E-state index >= 15 is 0 Å². The van der Waals surface area contributed by atoms with E-state index in [9.17, 15) is 0 Å². The van der Waals surface area contributed by atoms with Crippen molar-refractivity contribution in [2.24, 2.45) is 23.1 Å². The number of hydrogen-bond acceptors (Lipinski definition) is 3. The molecule has 0 fully saturated rings. The third-order valence-corrected chi connectivity index (χ3v) is 2.22. The average molecular weight is 283 g/mol. The van der Waals surface area contributed by atoms with Crippen molar-refractivity contribution < 1.29 is 0 Å². The molecule has 0 aliphatic rings. The number of unbranched alkanes of at least 4 members (excludes halogenated alkanes) is 1.